The van der Waals surface area contributed by atoms with Crippen molar-refractivity contribution in [2.24, 2.45) is 0 Å². The number of pyridine rings is 1. The zero-order valence-electron chi connectivity index (χ0n) is 17.5. The summed E-state index contributed by atoms with van der Waals surface area (Å²) >= 11 is 1.52. The SMILES string of the molecule is CC(C)N(Cc1ccc(-c2ccc(F)cc2)s1)C(=O)CN(C)S(=O)(=O)c1cccnc1. The lowest BCUT2D eigenvalue weighted by Gasteiger charge is -2.28. The molecule has 9 heteroatoms. The van der Waals surface area contributed by atoms with Crippen LogP contribution in [0, 0.1) is 5.82 Å². The monoisotopic (exact) mass is 461 g/mol. The maximum absolute atomic E-state index is 13.2. The number of sulfonamides is 1. The van der Waals surface area contributed by atoms with E-state index >= 15 is 0 Å². The van der Waals surface area contributed by atoms with Gasteiger partial charge in [-0.25, -0.2) is 12.8 Å². The number of hydrogen-bond donors (Lipinski definition) is 0. The van der Waals surface area contributed by atoms with Crippen LogP contribution in [0.3, 0.4) is 0 Å². The Labute approximate surface area is 186 Å². The number of benzene rings is 1. The topological polar surface area (TPSA) is 70.6 Å². The molecule has 3 rings (SSSR count). The van der Waals surface area contributed by atoms with E-state index in [1.165, 1.54) is 49.0 Å². The fourth-order valence-corrected chi connectivity index (χ4v) is 5.10. The number of amides is 1. The summed E-state index contributed by atoms with van der Waals surface area (Å²) in [5.74, 6) is -0.579. The summed E-state index contributed by atoms with van der Waals surface area (Å²) in [7, 11) is -2.42. The van der Waals surface area contributed by atoms with Crippen LogP contribution in [0.25, 0.3) is 10.4 Å². The fraction of sp³-hybridized carbons (Fsp3) is 0.273. The van der Waals surface area contributed by atoms with Gasteiger partial charge in [0.1, 0.15) is 10.7 Å². The second-order valence-electron chi connectivity index (χ2n) is 7.34. The molecule has 0 saturated carbocycles. The van der Waals surface area contributed by atoms with Gasteiger partial charge in [-0.3, -0.25) is 9.78 Å². The normalized spacial score (nSPS) is 11.8. The van der Waals surface area contributed by atoms with Gasteiger partial charge in [0.15, 0.2) is 0 Å². The second-order valence-corrected chi connectivity index (χ2v) is 10.6. The van der Waals surface area contributed by atoms with E-state index in [1.807, 2.05) is 26.0 Å². The third-order valence-corrected chi connectivity index (χ3v) is 7.67. The van der Waals surface area contributed by atoms with Crippen molar-refractivity contribution in [2.45, 2.75) is 31.3 Å². The van der Waals surface area contributed by atoms with Crippen LogP contribution in [0.5, 0.6) is 0 Å². The fourth-order valence-electron chi connectivity index (χ4n) is 3.00. The van der Waals surface area contributed by atoms with E-state index in [0.717, 1.165) is 19.6 Å². The Morgan fingerprint density at radius 3 is 2.45 bits per heavy atom. The molecule has 0 saturated heterocycles. The van der Waals surface area contributed by atoms with Crippen LogP contribution in [0.4, 0.5) is 4.39 Å². The highest BCUT2D eigenvalue weighted by atomic mass is 32.2. The van der Waals surface area contributed by atoms with Crippen molar-refractivity contribution in [3.63, 3.8) is 0 Å². The Hall–Kier alpha value is -2.62. The van der Waals surface area contributed by atoms with Crippen molar-refractivity contribution in [3.8, 4) is 10.4 Å². The number of thiophene rings is 1. The number of halogens is 1. The summed E-state index contributed by atoms with van der Waals surface area (Å²) in [5, 5.41) is 0. The Kier molecular flexibility index (Phi) is 7.19. The van der Waals surface area contributed by atoms with E-state index in [-0.39, 0.29) is 29.2 Å². The molecule has 0 N–H and O–H groups in total. The molecule has 0 radical (unpaired) electrons. The first kappa shape index (κ1) is 23.1. The predicted octanol–water partition coefficient (Wildman–Crippen LogP) is 4.01. The first-order valence-corrected chi connectivity index (χ1v) is 11.9. The van der Waals surface area contributed by atoms with Crippen LogP contribution in [-0.4, -0.2) is 48.1 Å². The van der Waals surface area contributed by atoms with Gasteiger partial charge < -0.3 is 4.90 Å². The van der Waals surface area contributed by atoms with Crippen LogP contribution in [0.2, 0.25) is 0 Å². The van der Waals surface area contributed by atoms with Crippen LogP contribution in [0.1, 0.15) is 18.7 Å². The predicted molar refractivity (Wildman–Crippen MR) is 119 cm³/mol. The van der Waals surface area contributed by atoms with E-state index in [0.29, 0.717) is 6.54 Å². The molecule has 0 atom stereocenters. The van der Waals surface area contributed by atoms with Crippen LogP contribution >= 0.6 is 11.3 Å². The number of carbonyl (C=O) groups is 1. The molecule has 2 aromatic heterocycles. The van der Waals surface area contributed by atoms with Crippen molar-refractivity contribution in [2.75, 3.05) is 13.6 Å². The van der Waals surface area contributed by atoms with Gasteiger partial charge in [0, 0.05) is 35.2 Å². The smallest absolute Gasteiger partial charge is 0.244 e. The summed E-state index contributed by atoms with van der Waals surface area (Å²) < 4.78 is 39.6. The molecule has 0 spiro atoms. The summed E-state index contributed by atoms with van der Waals surface area (Å²) in [6.07, 6.45) is 2.76. The molecule has 0 unspecified atom stereocenters. The Morgan fingerprint density at radius 2 is 1.84 bits per heavy atom. The van der Waals surface area contributed by atoms with Crippen molar-refractivity contribution in [3.05, 3.63) is 71.6 Å². The number of rotatable bonds is 8. The van der Waals surface area contributed by atoms with Gasteiger partial charge in [-0.1, -0.05) is 12.1 Å². The Balaban J connectivity index is 1.72. The Bertz CT molecular complexity index is 1130. The maximum atomic E-state index is 13.2. The van der Waals surface area contributed by atoms with Gasteiger partial charge in [0.25, 0.3) is 0 Å². The molecule has 2 heterocycles. The van der Waals surface area contributed by atoms with Gasteiger partial charge in [-0.15, -0.1) is 11.3 Å². The molecular formula is C22H24FN3O3S2. The highest BCUT2D eigenvalue weighted by Gasteiger charge is 2.26. The molecule has 0 bridgehead atoms. The molecule has 0 aliphatic heterocycles. The highest BCUT2D eigenvalue weighted by molar-refractivity contribution is 7.89. The minimum absolute atomic E-state index is 0.0450. The lowest BCUT2D eigenvalue weighted by molar-refractivity contribution is -0.133. The lowest BCUT2D eigenvalue weighted by Crippen LogP contribution is -2.43. The first-order valence-electron chi connectivity index (χ1n) is 9.69. The number of carbonyl (C=O) groups excluding carboxylic acids is 1. The Morgan fingerprint density at radius 1 is 1.13 bits per heavy atom. The third-order valence-electron chi connectivity index (χ3n) is 4.76. The second kappa shape index (κ2) is 9.67. The minimum Gasteiger partial charge on any atom is -0.334 e. The number of hydrogen-bond acceptors (Lipinski definition) is 5. The highest BCUT2D eigenvalue weighted by Crippen LogP contribution is 2.29. The lowest BCUT2D eigenvalue weighted by atomic mass is 10.2. The van der Waals surface area contributed by atoms with Gasteiger partial charge in [-0.2, -0.15) is 4.31 Å². The van der Waals surface area contributed by atoms with Gasteiger partial charge >= 0.3 is 0 Å². The van der Waals surface area contributed by atoms with E-state index < -0.39 is 10.0 Å². The largest absolute Gasteiger partial charge is 0.334 e. The zero-order chi connectivity index (χ0) is 22.6. The van der Waals surface area contributed by atoms with Gasteiger partial charge in [0.05, 0.1) is 13.1 Å². The quantitative estimate of drug-likeness (QED) is 0.508. The summed E-state index contributed by atoms with van der Waals surface area (Å²) in [4.78, 5) is 20.4. The number of aromatic nitrogens is 1. The summed E-state index contributed by atoms with van der Waals surface area (Å²) in [5.41, 5.74) is 0.905. The van der Waals surface area contributed by atoms with E-state index in [1.54, 1.807) is 23.1 Å². The number of nitrogens with zero attached hydrogens (tertiary/aromatic N) is 3. The molecule has 1 aromatic carbocycles. The minimum atomic E-state index is -3.81. The third kappa shape index (κ3) is 5.55. The molecular weight excluding hydrogens is 437 g/mol. The van der Waals surface area contributed by atoms with Crippen LogP contribution < -0.4 is 0 Å². The van der Waals surface area contributed by atoms with Crippen LogP contribution in [0.15, 0.2) is 65.8 Å². The molecule has 0 fully saturated rings. The number of likely N-dealkylation sites (N-methyl/N-ethyl adjacent to an activating group) is 1. The van der Waals surface area contributed by atoms with Crippen molar-refractivity contribution >= 4 is 27.3 Å². The molecule has 31 heavy (non-hydrogen) atoms. The molecule has 6 nitrogen and oxygen atoms in total. The van der Waals surface area contributed by atoms with Crippen LogP contribution in [-0.2, 0) is 21.4 Å². The molecule has 3 aromatic rings. The molecule has 164 valence electrons. The van der Waals surface area contributed by atoms with Crippen molar-refractivity contribution in [1.29, 1.82) is 0 Å². The van der Waals surface area contributed by atoms with E-state index in [9.17, 15) is 17.6 Å². The molecule has 0 aliphatic rings. The molecule has 0 aliphatic carbocycles. The van der Waals surface area contributed by atoms with Gasteiger partial charge in [-0.05, 0) is 55.8 Å². The average Bonchev–Trinajstić information content (AvgIpc) is 3.21. The standard InChI is InChI=1S/C22H24FN3O3S2/c1-16(2)26(14-19-10-11-21(30-19)17-6-8-18(23)9-7-17)22(27)15-25(3)31(28,29)20-5-4-12-24-13-20/h4-13,16H,14-15H2,1-3H3. The first-order chi connectivity index (χ1) is 14.7. The average molecular weight is 462 g/mol. The maximum Gasteiger partial charge on any atom is 0.244 e. The van der Waals surface area contributed by atoms with E-state index in [4.69, 9.17) is 0 Å². The van der Waals surface area contributed by atoms with Crippen molar-refractivity contribution in [1.82, 2.24) is 14.2 Å². The summed E-state index contributed by atoms with van der Waals surface area (Å²) in [6, 6.07) is 13.0. The summed E-state index contributed by atoms with van der Waals surface area (Å²) in [6.45, 7) is 3.87. The van der Waals surface area contributed by atoms with Crippen molar-refractivity contribution < 1.29 is 17.6 Å². The van der Waals surface area contributed by atoms with E-state index in [2.05, 4.69) is 4.98 Å². The van der Waals surface area contributed by atoms with Gasteiger partial charge in [0.2, 0.25) is 15.9 Å². The molecule has 1 amide bonds. The zero-order valence-corrected chi connectivity index (χ0v) is 19.2.